The molecule has 2 N–H and O–H groups in total. The van der Waals surface area contributed by atoms with Crippen molar-refractivity contribution in [2.45, 2.75) is 13.0 Å². The Morgan fingerprint density at radius 3 is 2.64 bits per heavy atom. The Morgan fingerprint density at radius 2 is 2.27 bits per heavy atom. The number of pyridine rings is 1. The zero-order valence-electron chi connectivity index (χ0n) is 6.12. The van der Waals surface area contributed by atoms with Crippen molar-refractivity contribution in [3.05, 3.63) is 29.0 Å². The van der Waals surface area contributed by atoms with Gasteiger partial charge < -0.3 is 5.73 Å². The maximum atomic E-state index is 5.73. The van der Waals surface area contributed by atoms with E-state index in [2.05, 4.69) is 4.98 Å². The fourth-order valence-electron chi connectivity index (χ4n) is 0.738. The number of rotatable bonds is 1. The fourth-order valence-corrected chi connectivity index (χ4v) is 1.03. The molecule has 0 fully saturated rings. The van der Waals surface area contributed by atoms with Gasteiger partial charge >= 0.3 is 0 Å². The summed E-state index contributed by atoms with van der Waals surface area (Å²) < 4.78 is 0. The Bertz CT molecular complexity index is 225. The van der Waals surface area contributed by atoms with Gasteiger partial charge in [-0.2, -0.15) is 0 Å². The molecule has 0 aliphatic rings. The lowest BCUT2D eigenvalue weighted by molar-refractivity contribution is 0.812. The monoisotopic (exact) mass is 192 g/mol. The summed E-state index contributed by atoms with van der Waals surface area (Å²) in [5, 5.41) is 0.498. The van der Waals surface area contributed by atoms with Crippen molar-refractivity contribution in [3.63, 3.8) is 0 Å². The predicted octanol–water partition coefficient (Wildman–Crippen LogP) is 2.18. The summed E-state index contributed by atoms with van der Waals surface area (Å²) in [6.07, 6.45) is 1.65. The van der Waals surface area contributed by atoms with Crippen molar-refractivity contribution >= 4 is 24.0 Å². The molecule has 2 nitrogen and oxygen atoms in total. The molecule has 0 bridgehead atoms. The summed E-state index contributed by atoms with van der Waals surface area (Å²) >= 11 is 5.73. The molecule has 11 heavy (non-hydrogen) atoms. The van der Waals surface area contributed by atoms with Gasteiger partial charge in [-0.25, -0.2) is 4.98 Å². The van der Waals surface area contributed by atoms with Gasteiger partial charge in [-0.05, 0) is 13.0 Å². The summed E-state index contributed by atoms with van der Waals surface area (Å²) in [4.78, 5) is 3.89. The number of hydrogen-bond acceptors (Lipinski definition) is 2. The highest BCUT2D eigenvalue weighted by atomic mass is 35.5. The van der Waals surface area contributed by atoms with Crippen LogP contribution in [0.3, 0.4) is 0 Å². The van der Waals surface area contributed by atoms with Crippen molar-refractivity contribution in [3.8, 4) is 0 Å². The van der Waals surface area contributed by atoms with Gasteiger partial charge in [0.25, 0.3) is 0 Å². The van der Waals surface area contributed by atoms with Crippen LogP contribution in [0.5, 0.6) is 0 Å². The normalized spacial score (nSPS) is 11.9. The second-order valence-electron chi connectivity index (χ2n) is 2.17. The minimum absolute atomic E-state index is 0. The highest BCUT2D eigenvalue weighted by Crippen LogP contribution is 2.16. The maximum absolute atomic E-state index is 5.73. The first-order valence-corrected chi connectivity index (χ1v) is 3.45. The molecule has 1 rings (SSSR count). The van der Waals surface area contributed by atoms with Crippen LogP contribution in [0.2, 0.25) is 5.15 Å². The Kier molecular flexibility index (Phi) is 4.42. The highest BCUT2D eigenvalue weighted by Gasteiger charge is 2.03. The van der Waals surface area contributed by atoms with Crippen molar-refractivity contribution in [1.82, 2.24) is 4.98 Å². The van der Waals surface area contributed by atoms with E-state index in [-0.39, 0.29) is 18.4 Å². The molecule has 0 amide bonds. The summed E-state index contributed by atoms with van der Waals surface area (Å²) in [6, 6.07) is 3.66. The molecule has 1 aromatic heterocycles. The van der Waals surface area contributed by atoms with E-state index in [9.17, 15) is 0 Å². The van der Waals surface area contributed by atoms with Gasteiger partial charge in [0.05, 0.1) is 0 Å². The van der Waals surface area contributed by atoms with Crippen LogP contribution in [0.4, 0.5) is 0 Å². The molecule has 0 aromatic carbocycles. The molecule has 0 unspecified atom stereocenters. The molecule has 0 spiro atoms. The minimum atomic E-state index is -0.0406. The summed E-state index contributed by atoms with van der Waals surface area (Å²) in [6.45, 7) is 1.88. The topological polar surface area (TPSA) is 38.9 Å². The molecular formula is C7H10Cl2N2. The summed E-state index contributed by atoms with van der Waals surface area (Å²) in [7, 11) is 0. The molecule has 1 heterocycles. The third-order valence-electron chi connectivity index (χ3n) is 1.28. The van der Waals surface area contributed by atoms with Gasteiger partial charge in [0.2, 0.25) is 0 Å². The first kappa shape index (κ1) is 10.7. The molecule has 0 aliphatic heterocycles. The number of nitrogens with two attached hydrogens (primary N) is 1. The predicted molar refractivity (Wildman–Crippen MR) is 49.1 cm³/mol. The number of aromatic nitrogens is 1. The van der Waals surface area contributed by atoms with E-state index in [0.717, 1.165) is 5.56 Å². The second kappa shape index (κ2) is 4.54. The van der Waals surface area contributed by atoms with E-state index in [0.29, 0.717) is 5.15 Å². The molecule has 0 saturated heterocycles. The van der Waals surface area contributed by atoms with E-state index in [1.54, 1.807) is 6.20 Å². The van der Waals surface area contributed by atoms with Gasteiger partial charge in [0.15, 0.2) is 0 Å². The standard InChI is InChI=1S/C7H9ClN2.ClH/c1-5(9)6-3-2-4-10-7(6)8;/h2-5H,9H2,1H3;1H/t5-;/m1./s1. The van der Waals surface area contributed by atoms with Crippen LogP contribution in [-0.4, -0.2) is 4.98 Å². The van der Waals surface area contributed by atoms with E-state index in [4.69, 9.17) is 17.3 Å². The zero-order chi connectivity index (χ0) is 7.56. The van der Waals surface area contributed by atoms with Gasteiger partial charge in [-0.1, -0.05) is 17.7 Å². The molecular weight excluding hydrogens is 183 g/mol. The Balaban J connectivity index is 0.000001000. The quantitative estimate of drug-likeness (QED) is 0.694. The van der Waals surface area contributed by atoms with Crippen LogP contribution in [-0.2, 0) is 0 Å². The Morgan fingerprint density at radius 1 is 1.64 bits per heavy atom. The first-order chi connectivity index (χ1) is 4.72. The summed E-state index contributed by atoms with van der Waals surface area (Å²) in [5.74, 6) is 0. The molecule has 0 aliphatic carbocycles. The van der Waals surface area contributed by atoms with Crippen LogP contribution in [0.1, 0.15) is 18.5 Å². The molecule has 4 heteroatoms. The number of nitrogens with zero attached hydrogens (tertiary/aromatic N) is 1. The van der Waals surface area contributed by atoms with Crippen LogP contribution in [0.25, 0.3) is 0 Å². The van der Waals surface area contributed by atoms with E-state index in [1.807, 2.05) is 19.1 Å². The van der Waals surface area contributed by atoms with Gasteiger partial charge in [0, 0.05) is 17.8 Å². The number of hydrogen-bond donors (Lipinski definition) is 1. The van der Waals surface area contributed by atoms with Crippen molar-refractivity contribution in [2.75, 3.05) is 0 Å². The average molecular weight is 193 g/mol. The van der Waals surface area contributed by atoms with Gasteiger partial charge in [-0.15, -0.1) is 12.4 Å². The van der Waals surface area contributed by atoms with E-state index >= 15 is 0 Å². The lowest BCUT2D eigenvalue weighted by Gasteiger charge is -2.04. The number of halogens is 2. The van der Waals surface area contributed by atoms with Crippen molar-refractivity contribution in [1.29, 1.82) is 0 Å². The Labute approximate surface area is 77.2 Å². The smallest absolute Gasteiger partial charge is 0.133 e. The molecule has 1 atom stereocenters. The zero-order valence-corrected chi connectivity index (χ0v) is 7.69. The first-order valence-electron chi connectivity index (χ1n) is 3.08. The SMILES string of the molecule is C[C@@H](N)c1cccnc1Cl.Cl. The van der Waals surface area contributed by atoms with Crippen LogP contribution >= 0.6 is 24.0 Å². The van der Waals surface area contributed by atoms with Crippen LogP contribution in [0.15, 0.2) is 18.3 Å². The maximum Gasteiger partial charge on any atom is 0.133 e. The third-order valence-corrected chi connectivity index (χ3v) is 1.59. The molecule has 1 aromatic rings. The lowest BCUT2D eigenvalue weighted by atomic mass is 10.2. The second-order valence-corrected chi connectivity index (χ2v) is 2.53. The van der Waals surface area contributed by atoms with E-state index in [1.165, 1.54) is 0 Å². The Hall–Kier alpha value is -0.310. The van der Waals surface area contributed by atoms with Crippen LogP contribution in [0, 0.1) is 0 Å². The van der Waals surface area contributed by atoms with Gasteiger partial charge in [0.1, 0.15) is 5.15 Å². The van der Waals surface area contributed by atoms with Crippen molar-refractivity contribution in [2.24, 2.45) is 5.73 Å². The highest BCUT2D eigenvalue weighted by molar-refractivity contribution is 6.30. The van der Waals surface area contributed by atoms with Gasteiger partial charge in [-0.3, -0.25) is 0 Å². The summed E-state index contributed by atoms with van der Waals surface area (Å²) in [5.41, 5.74) is 6.48. The van der Waals surface area contributed by atoms with Crippen molar-refractivity contribution < 1.29 is 0 Å². The van der Waals surface area contributed by atoms with E-state index < -0.39 is 0 Å². The average Bonchev–Trinajstić information content (AvgIpc) is 1.88. The molecule has 0 radical (unpaired) electrons. The lowest BCUT2D eigenvalue weighted by Crippen LogP contribution is -2.05. The molecule has 0 saturated carbocycles. The largest absolute Gasteiger partial charge is 0.324 e. The van der Waals surface area contributed by atoms with Crippen LogP contribution < -0.4 is 5.73 Å². The minimum Gasteiger partial charge on any atom is -0.324 e. The third kappa shape index (κ3) is 2.66. The molecule has 62 valence electrons. The fraction of sp³-hybridized carbons (Fsp3) is 0.286.